The van der Waals surface area contributed by atoms with E-state index in [0.717, 1.165) is 32.4 Å². The van der Waals surface area contributed by atoms with Gasteiger partial charge in [-0.2, -0.15) is 0 Å². The van der Waals surface area contributed by atoms with Crippen LogP contribution in [-0.2, 0) is 4.79 Å². The van der Waals surface area contributed by atoms with Gasteiger partial charge in [0.25, 0.3) is 0 Å². The molecule has 0 spiro atoms. The van der Waals surface area contributed by atoms with Crippen molar-refractivity contribution in [3.05, 3.63) is 0 Å². The molecule has 3 aliphatic rings. The van der Waals surface area contributed by atoms with Gasteiger partial charge in [-0.3, -0.25) is 4.79 Å². The van der Waals surface area contributed by atoms with Crippen molar-refractivity contribution in [2.24, 2.45) is 11.7 Å². The molecule has 2 saturated heterocycles. The van der Waals surface area contributed by atoms with Gasteiger partial charge in [0, 0.05) is 19.6 Å². The Kier molecular flexibility index (Phi) is 7.93. The molecule has 2 N–H and O–H groups in total. The summed E-state index contributed by atoms with van der Waals surface area (Å²) in [6.45, 7) is 5.56. The van der Waals surface area contributed by atoms with Crippen LogP contribution in [-0.4, -0.2) is 54.0 Å². The first-order chi connectivity index (χ1) is 9.67. The summed E-state index contributed by atoms with van der Waals surface area (Å²) in [6.07, 6.45) is 9.68. The number of piperidine rings is 1. The van der Waals surface area contributed by atoms with E-state index in [4.69, 9.17) is 5.73 Å². The Balaban J connectivity index is 0.00000121. The number of carbonyl (C=O) groups is 1. The first-order valence-electron chi connectivity index (χ1n) is 8.48. The number of halogens is 2. The molecule has 6 heteroatoms. The second kappa shape index (κ2) is 8.72. The zero-order valence-corrected chi connectivity index (χ0v) is 15.1. The minimum atomic E-state index is -0.482. The van der Waals surface area contributed by atoms with Crippen LogP contribution < -0.4 is 5.73 Å². The number of carbonyl (C=O) groups excluding carboxylic acids is 1. The molecule has 0 aromatic rings. The average molecular weight is 352 g/mol. The summed E-state index contributed by atoms with van der Waals surface area (Å²) in [5, 5.41) is 0. The van der Waals surface area contributed by atoms with Crippen LogP contribution in [0.15, 0.2) is 0 Å². The summed E-state index contributed by atoms with van der Waals surface area (Å²) in [4.78, 5) is 17.0. The minimum Gasteiger partial charge on any atom is -0.341 e. The van der Waals surface area contributed by atoms with Crippen molar-refractivity contribution in [3.63, 3.8) is 0 Å². The summed E-state index contributed by atoms with van der Waals surface area (Å²) < 4.78 is 0. The third kappa shape index (κ3) is 4.98. The van der Waals surface area contributed by atoms with Crippen LogP contribution >= 0.6 is 24.8 Å². The molecule has 0 bridgehead atoms. The fourth-order valence-corrected chi connectivity index (χ4v) is 3.75. The first-order valence-corrected chi connectivity index (χ1v) is 8.48. The molecule has 1 atom stereocenters. The van der Waals surface area contributed by atoms with Gasteiger partial charge in [0.15, 0.2) is 0 Å². The Morgan fingerprint density at radius 1 is 1.00 bits per heavy atom. The number of hydrogen-bond acceptors (Lipinski definition) is 3. The molecule has 1 unspecified atom stereocenters. The van der Waals surface area contributed by atoms with Crippen LogP contribution in [0.2, 0.25) is 0 Å². The highest BCUT2D eigenvalue weighted by Gasteiger charge is 2.48. The van der Waals surface area contributed by atoms with E-state index < -0.39 is 5.54 Å². The van der Waals surface area contributed by atoms with Gasteiger partial charge in [0.2, 0.25) is 5.91 Å². The first kappa shape index (κ1) is 20.0. The molecular formula is C16H31Cl2N3O. The van der Waals surface area contributed by atoms with Gasteiger partial charge in [-0.05, 0) is 57.5 Å². The number of amides is 1. The fourth-order valence-electron chi connectivity index (χ4n) is 3.75. The quantitative estimate of drug-likeness (QED) is 0.849. The van der Waals surface area contributed by atoms with Crippen molar-refractivity contribution >= 4 is 30.7 Å². The summed E-state index contributed by atoms with van der Waals surface area (Å²) >= 11 is 0. The predicted molar refractivity (Wildman–Crippen MR) is 94.9 cm³/mol. The van der Waals surface area contributed by atoms with E-state index >= 15 is 0 Å². The molecular weight excluding hydrogens is 321 g/mol. The van der Waals surface area contributed by atoms with Crippen LogP contribution in [0.4, 0.5) is 0 Å². The lowest BCUT2D eigenvalue weighted by atomic mass is 9.96. The van der Waals surface area contributed by atoms with Crippen molar-refractivity contribution < 1.29 is 4.79 Å². The Morgan fingerprint density at radius 3 is 2.23 bits per heavy atom. The summed E-state index contributed by atoms with van der Waals surface area (Å²) in [5.41, 5.74) is 5.59. The minimum absolute atomic E-state index is 0. The van der Waals surface area contributed by atoms with Gasteiger partial charge in [-0.25, -0.2) is 0 Å². The lowest BCUT2D eigenvalue weighted by Gasteiger charge is -2.36. The topological polar surface area (TPSA) is 49.6 Å². The molecule has 2 aliphatic heterocycles. The Morgan fingerprint density at radius 2 is 1.64 bits per heavy atom. The van der Waals surface area contributed by atoms with E-state index in [1.807, 2.05) is 0 Å². The fraction of sp³-hybridized carbons (Fsp3) is 0.938. The number of nitrogens with two attached hydrogens (primary N) is 1. The lowest BCUT2D eigenvalue weighted by Crippen LogP contribution is -2.51. The number of likely N-dealkylation sites (tertiary alicyclic amines) is 2. The largest absolute Gasteiger partial charge is 0.341 e. The van der Waals surface area contributed by atoms with Crippen molar-refractivity contribution in [2.45, 2.75) is 56.9 Å². The normalized spacial score (nSPS) is 28.0. The standard InChI is InChI=1S/C16H29N3O.2ClH/c17-16(7-8-16)15(20)19-11-5-6-14(13-19)12-18-9-3-1-2-4-10-18;;/h14H,1-13,17H2;2*1H. The molecule has 3 rings (SSSR count). The van der Waals surface area contributed by atoms with Crippen LogP contribution in [0.5, 0.6) is 0 Å². The van der Waals surface area contributed by atoms with Crippen molar-refractivity contribution in [3.8, 4) is 0 Å². The van der Waals surface area contributed by atoms with Gasteiger partial charge in [-0.1, -0.05) is 12.8 Å². The zero-order valence-electron chi connectivity index (χ0n) is 13.5. The second-order valence-electron chi connectivity index (χ2n) is 7.13. The van der Waals surface area contributed by atoms with Crippen LogP contribution in [0.25, 0.3) is 0 Å². The maximum atomic E-state index is 12.4. The Bertz CT molecular complexity index is 355. The van der Waals surface area contributed by atoms with Crippen LogP contribution in [0.3, 0.4) is 0 Å². The summed E-state index contributed by atoms with van der Waals surface area (Å²) in [5.74, 6) is 0.881. The highest BCUT2D eigenvalue weighted by molar-refractivity contribution is 5.89. The lowest BCUT2D eigenvalue weighted by molar-refractivity contribution is -0.135. The van der Waals surface area contributed by atoms with Crippen molar-refractivity contribution in [2.75, 3.05) is 32.7 Å². The van der Waals surface area contributed by atoms with E-state index in [2.05, 4.69) is 9.80 Å². The maximum absolute atomic E-state index is 12.4. The van der Waals surface area contributed by atoms with Gasteiger partial charge >= 0.3 is 0 Å². The summed E-state index contributed by atoms with van der Waals surface area (Å²) in [7, 11) is 0. The maximum Gasteiger partial charge on any atom is 0.242 e. The molecule has 2 heterocycles. The SMILES string of the molecule is Cl.Cl.NC1(C(=O)N2CCCC(CN3CCCCCC3)C2)CC1. The molecule has 0 radical (unpaired) electrons. The second-order valence-corrected chi connectivity index (χ2v) is 7.13. The summed E-state index contributed by atoms with van der Waals surface area (Å²) in [6, 6.07) is 0. The molecule has 3 fully saturated rings. The van der Waals surface area contributed by atoms with E-state index in [-0.39, 0.29) is 30.7 Å². The van der Waals surface area contributed by atoms with E-state index in [1.54, 1.807) is 0 Å². The molecule has 1 amide bonds. The number of nitrogens with zero attached hydrogens (tertiary/aromatic N) is 2. The van der Waals surface area contributed by atoms with Crippen LogP contribution in [0.1, 0.15) is 51.4 Å². The predicted octanol–water partition coefficient (Wildman–Crippen LogP) is 2.44. The third-order valence-electron chi connectivity index (χ3n) is 5.24. The monoisotopic (exact) mass is 351 g/mol. The van der Waals surface area contributed by atoms with Crippen molar-refractivity contribution in [1.29, 1.82) is 0 Å². The Labute approximate surface area is 147 Å². The Hall–Kier alpha value is -0.0300. The molecule has 1 saturated carbocycles. The van der Waals surface area contributed by atoms with Gasteiger partial charge in [-0.15, -0.1) is 24.8 Å². The molecule has 1 aliphatic carbocycles. The van der Waals surface area contributed by atoms with E-state index in [0.29, 0.717) is 5.92 Å². The molecule has 4 nitrogen and oxygen atoms in total. The number of rotatable bonds is 3. The highest BCUT2D eigenvalue weighted by atomic mass is 35.5. The van der Waals surface area contributed by atoms with E-state index in [9.17, 15) is 4.79 Å². The average Bonchev–Trinajstić information content (AvgIpc) is 3.24. The van der Waals surface area contributed by atoms with Gasteiger partial charge < -0.3 is 15.5 Å². The smallest absolute Gasteiger partial charge is 0.242 e. The molecule has 22 heavy (non-hydrogen) atoms. The number of hydrogen-bond donors (Lipinski definition) is 1. The molecule has 0 aromatic heterocycles. The third-order valence-corrected chi connectivity index (χ3v) is 5.24. The molecule has 0 aromatic carbocycles. The molecule has 130 valence electrons. The van der Waals surface area contributed by atoms with Crippen LogP contribution in [0, 0.1) is 5.92 Å². The van der Waals surface area contributed by atoms with Crippen molar-refractivity contribution in [1.82, 2.24) is 9.80 Å². The van der Waals surface area contributed by atoms with Gasteiger partial charge in [0.05, 0.1) is 5.54 Å². The zero-order chi connectivity index (χ0) is 14.0. The van der Waals surface area contributed by atoms with Gasteiger partial charge in [0.1, 0.15) is 0 Å². The highest BCUT2D eigenvalue weighted by Crippen LogP contribution is 2.35. The van der Waals surface area contributed by atoms with E-state index in [1.165, 1.54) is 51.7 Å².